The highest BCUT2D eigenvalue weighted by Gasteiger charge is 2.12. The monoisotopic (exact) mass is 389 g/mol. The maximum Gasteiger partial charge on any atom is 0.164 e. The Morgan fingerprint density at radius 2 is 1.86 bits per heavy atom. The third kappa shape index (κ3) is 4.23. The predicted octanol–water partition coefficient (Wildman–Crippen LogP) is 3.24. The van der Waals surface area contributed by atoms with E-state index in [4.69, 9.17) is 0 Å². The molecule has 0 fully saturated rings. The van der Waals surface area contributed by atoms with Crippen LogP contribution in [0.3, 0.4) is 0 Å². The normalized spacial score (nSPS) is 11.1. The van der Waals surface area contributed by atoms with Crippen LogP contribution in [-0.2, 0) is 14.1 Å². The summed E-state index contributed by atoms with van der Waals surface area (Å²) < 4.78 is 3.50. The van der Waals surface area contributed by atoms with E-state index in [1.54, 1.807) is 21.8 Å². The SMILES string of the molecule is CC(C)Nc1cc(Nc2ccnc(-c3cnn(C)c3)n2)ncc1-c1ccn(C)n1. The number of aromatic nitrogens is 7. The smallest absolute Gasteiger partial charge is 0.164 e. The molecule has 4 aromatic rings. The Morgan fingerprint density at radius 1 is 1.00 bits per heavy atom. The van der Waals surface area contributed by atoms with Gasteiger partial charge in [-0.05, 0) is 26.0 Å². The van der Waals surface area contributed by atoms with Crippen LogP contribution in [0.4, 0.5) is 17.3 Å². The molecule has 29 heavy (non-hydrogen) atoms. The minimum absolute atomic E-state index is 0.268. The number of rotatable bonds is 6. The van der Waals surface area contributed by atoms with Gasteiger partial charge in [0.1, 0.15) is 11.6 Å². The zero-order valence-electron chi connectivity index (χ0n) is 16.8. The van der Waals surface area contributed by atoms with Gasteiger partial charge in [0, 0.05) is 62.2 Å². The quantitative estimate of drug-likeness (QED) is 0.522. The van der Waals surface area contributed by atoms with Crippen molar-refractivity contribution >= 4 is 17.3 Å². The Bertz CT molecular complexity index is 1130. The van der Waals surface area contributed by atoms with Crippen molar-refractivity contribution < 1.29 is 0 Å². The van der Waals surface area contributed by atoms with Crippen molar-refractivity contribution in [3.63, 3.8) is 0 Å². The summed E-state index contributed by atoms with van der Waals surface area (Å²) in [5.74, 6) is 1.95. The Labute approximate surface area is 168 Å². The second kappa shape index (κ2) is 7.70. The highest BCUT2D eigenvalue weighted by atomic mass is 15.3. The van der Waals surface area contributed by atoms with E-state index in [0.29, 0.717) is 17.5 Å². The van der Waals surface area contributed by atoms with Crippen LogP contribution in [0.1, 0.15) is 13.8 Å². The topological polar surface area (TPSA) is 98.4 Å². The van der Waals surface area contributed by atoms with Crippen LogP contribution in [-0.4, -0.2) is 40.6 Å². The largest absolute Gasteiger partial charge is 0.382 e. The van der Waals surface area contributed by atoms with E-state index in [0.717, 1.165) is 22.5 Å². The number of hydrogen-bond donors (Lipinski definition) is 2. The highest BCUT2D eigenvalue weighted by Crippen LogP contribution is 2.29. The summed E-state index contributed by atoms with van der Waals surface area (Å²) >= 11 is 0. The number of pyridine rings is 1. The first-order valence-corrected chi connectivity index (χ1v) is 9.33. The lowest BCUT2D eigenvalue weighted by molar-refractivity contribution is 0.768. The molecule has 0 saturated carbocycles. The molecule has 0 amide bonds. The molecule has 0 aliphatic heterocycles. The van der Waals surface area contributed by atoms with Crippen molar-refractivity contribution in [1.82, 2.24) is 34.5 Å². The summed E-state index contributed by atoms with van der Waals surface area (Å²) in [6.45, 7) is 4.20. The summed E-state index contributed by atoms with van der Waals surface area (Å²) in [6, 6.07) is 6.02. The number of hydrogen-bond acceptors (Lipinski definition) is 7. The van der Waals surface area contributed by atoms with Gasteiger partial charge in [0.05, 0.1) is 17.5 Å². The fourth-order valence-electron chi connectivity index (χ4n) is 2.95. The molecule has 0 spiro atoms. The molecule has 9 heteroatoms. The molecule has 0 aromatic carbocycles. The van der Waals surface area contributed by atoms with E-state index in [1.807, 2.05) is 50.9 Å². The highest BCUT2D eigenvalue weighted by molar-refractivity contribution is 5.77. The van der Waals surface area contributed by atoms with E-state index >= 15 is 0 Å². The minimum atomic E-state index is 0.268. The lowest BCUT2D eigenvalue weighted by Gasteiger charge is -2.15. The van der Waals surface area contributed by atoms with E-state index in [-0.39, 0.29) is 6.04 Å². The van der Waals surface area contributed by atoms with Crippen LogP contribution in [0.2, 0.25) is 0 Å². The number of anilines is 3. The molecule has 0 radical (unpaired) electrons. The van der Waals surface area contributed by atoms with Crippen molar-refractivity contribution in [2.45, 2.75) is 19.9 Å². The van der Waals surface area contributed by atoms with Gasteiger partial charge in [0.15, 0.2) is 5.82 Å². The first kappa shape index (κ1) is 18.6. The maximum absolute atomic E-state index is 4.57. The maximum atomic E-state index is 4.57. The molecule has 0 atom stereocenters. The molecular weight excluding hydrogens is 366 g/mol. The fourth-order valence-corrected chi connectivity index (χ4v) is 2.95. The molecule has 0 unspecified atom stereocenters. The average Bonchev–Trinajstić information content (AvgIpc) is 3.30. The summed E-state index contributed by atoms with van der Waals surface area (Å²) in [5.41, 5.74) is 3.63. The first-order valence-electron chi connectivity index (χ1n) is 9.33. The Balaban J connectivity index is 1.64. The van der Waals surface area contributed by atoms with Gasteiger partial charge in [-0.2, -0.15) is 10.2 Å². The summed E-state index contributed by atoms with van der Waals surface area (Å²) in [4.78, 5) is 13.5. The minimum Gasteiger partial charge on any atom is -0.382 e. The van der Waals surface area contributed by atoms with Crippen LogP contribution in [0, 0.1) is 0 Å². The molecule has 4 rings (SSSR count). The van der Waals surface area contributed by atoms with Crippen molar-refractivity contribution in [3.8, 4) is 22.6 Å². The number of nitrogens with zero attached hydrogens (tertiary/aromatic N) is 7. The van der Waals surface area contributed by atoms with Gasteiger partial charge in [-0.3, -0.25) is 9.36 Å². The third-order valence-corrected chi connectivity index (χ3v) is 4.21. The molecule has 0 saturated heterocycles. The van der Waals surface area contributed by atoms with E-state index in [9.17, 15) is 0 Å². The molecule has 4 heterocycles. The molecule has 0 bridgehead atoms. The van der Waals surface area contributed by atoms with E-state index in [1.165, 1.54) is 0 Å². The van der Waals surface area contributed by atoms with Crippen molar-refractivity contribution in [1.29, 1.82) is 0 Å². The van der Waals surface area contributed by atoms with Crippen LogP contribution in [0.15, 0.2) is 49.2 Å². The van der Waals surface area contributed by atoms with Gasteiger partial charge < -0.3 is 10.6 Å². The fraction of sp³-hybridized carbons (Fsp3) is 0.250. The lowest BCUT2D eigenvalue weighted by atomic mass is 10.1. The number of aryl methyl sites for hydroxylation is 2. The van der Waals surface area contributed by atoms with Crippen LogP contribution in [0.5, 0.6) is 0 Å². The van der Waals surface area contributed by atoms with Crippen LogP contribution < -0.4 is 10.6 Å². The number of nitrogens with one attached hydrogen (secondary N) is 2. The van der Waals surface area contributed by atoms with Gasteiger partial charge in [-0.25, -0.2) is 15.0 Å². The zero-order chi connectivity index (χ0) is 20.4. The van der Waals surface area contributed by atoms with E-state index < -0.39 is 0 Å². The summed E-state index contributed by atoms with van der Waals surface area (Å²) in [6.07, 6.45) is 9.07. The van der Waals surface area contributed by atoms with Crippen LogP contribution >= 0.6 is 0 Å². The molecule has 4 aromatic heterocycles. The summed E-state index contributed by atoms with van der Waals surface area (Å²) in [5, 5.41) is 15.4. The second-order valence-electron chi connectivity index (χ2n) is 7.08. The van der Waals surface area contributed by atoms with Crippen molar-refractivity contribution in [2.75, 3.05) is 10.6 Å². The van der Waals surface area contributed by atoms with Crippen molar-refractivity contribution in [3.05, 3.63) is 49.2 Å². The Morgan fingerprint density at radius 3 is 2.55 bits per heavy atom. The lowest BCUT2D eigenvalue weighted by Crippen LogP contribution is -2.11. The van der Waals surface area contributed by atoms with Gasteiger partial charge in [-0.15, -0.1) is 0 Å². The van der Waals surface area contributed by atoms with Gasteiger partial charge in [0.2, 0.25) is 0 Å². The van der Waals surface area contributed by atoms with E-state index in [2.05, 4.69) is 49.6 Å². The van der Waals surface area contributed by atoms with Gasteiger partial charge in [-0.1, -0.05) is 0 Å². The standard InChI is InChI=1S/C20H23N9/c1-13(2)24-17-9-19(22-11-15(17)16-6-8-28(3)27-16)25-18-5-7-21-20(26-18)14-10-23-29(4)12-14/h5-13H,1-4H3,(H2,21,22,24,25,26). The predicted molar refractivity (Wildman–Crippen MR) is 113 cm³/mol. The molecule has 9 nitrogen and oxygen atoms in total. The van der Waals surface area contributed by atoms with Crippen LogP contribution in [0.25, 0.3) is 22.6 Å². The Hall–Kier alpha value is -3.75. The van der Waals surface area contributed by atoms with Gasteiger partial charge in [0.25, 0.3) is 0 Å². The zero-order valence-corrected chi connectivity index (χ0v) is 16.8. The molecule has 0 aliphatic carbocycles. The average molecular weight is 389 g/mol. The third-order valence-electron chi connectivity index (χ3n) is 4.21. The second-order valence-corrected chi connectivity index (χ2v) is 7.08. The molecule has 148 valence electrons. The molecule has 2 N–H and O–H groups in total. The Kier molecular flexibility index (Phi) is 4.94. The molecular formula is C20H23N9. The van der Waals surface area contributed by atoms with Gasteiger partial charge >= 0.3 is 0 Å². The van der Waals surface area contributed by atoms with Crippen molar-refractivity contribution in [2.24, 2.45) is 14.1 Å². The summed E-state index contributed by atoms with van der Waals surface area (Å²) in [7, 11) is 3.76. The first-order chi connectivity index (χ1) is 14.0. The molecule has 0 aliphatic rings.